The molecule has 2 rings (SSSR count). The minimum Gasteiger partial charge on any atom is -0.481 e. The van der Waals surface area contributed by atoms with Gasteiger partial charge in [-0.3, -0.25) is 4.79 Å². The Morgan fingerprint density at radius 2 is 1.72 bits per heavy atom. The van der Waals surface area contributed by atoms with Crippen molar-refractivity contribution in [3.05, 3.63) is 58.9 Å². The predicted octanol–water partition coefficient (Wildman–Crippen LogP) is 4.94. The van der Waals surface area contributed by atoms with Crippen LogP contribution in [0.4, 0.5) is 18.9 Å². The molecule has 0 saturated carbocycles. The van der Waals surface area contributed by atoms with E-state index in [1.54, 1.807) is 6.07 Å². The summed E-state index contributed by atoms with van der Waals surface area (Å²) in [6, 6.07) is 7.20. The average molecular weight is 351 g/mol. The van der Waals surface area contributed by atoms with Crippen LogP contribution in [0.1, 0.15) is 37.8 Å². The van der Waals surface area contributed by atoms with Gasteiger partial charge < -0.3 is 10.1 Å². The smallest absolute Gasteiger partial charge is 0.265 e. The van der Waals surface area contributed by atoms with E-state index in [1.165, 1.54) is 12.5 Å². The van der Waals surface area contributed by atoms with Gasteiger partial charge in [-0.15, -0.1) is 0 Å². The molecule has 1 N–H and O–H groups in total. The minimum atomic E-state index is -1.63. The lowest BCUT2D eigenvalue weighted by Crippen LogP contribution is -2.30. The average Bonchev–Trinajstić information content (AvgIpc) is 2.55. The van der Waals surface area contributed by atoms with Crippen molar-refractivity contribution in [3.8, 4) is 5.75 Å². The molecule has 1 unspecified atom stereocenters. The highest BCUT2D eigenvalue weighted by Gasteiger charge is 2.20. The van der Waals surface area contributed by atoms with Gasteiger partial charge in [0.05, 0.1) is 5.69 Å². The molecule has 0 aromatic heterocycles. The predicted molar refractivity (Wildman–Crippen MR) is 90.3 cm³/mol. The summed E-state index contributed by atoms with van der Waals surface area (Å²) in [6.45, 7) is 7.59. The van der Waals surface area contributed by atoms with Crippen LogP contribution in [0, 0.1) is 24.4 Å². The number of halogens is 3. The molecular formula is C19H20F3NO2. The van der Waals surface area contributed by atoms with Crippen LogP contribution in [0.3, 0.4) is 0 Å². The highest BCUT2D eigenvalue weighted by atomic mass is 19.2. The first kappa shape index (κ1) is 18.8. The Labute approximate surface area is 144 Å². The van der Waals surface area contributed by atoms with Crippen molar-refractivity contribution < 1.29 is 22.7 Å². The van der Waals surface area contributed by atoms with Crippen molar-refractivity contribution in [2.45, 2.75) is 39.7 Å². The maximum absolute atomic E-state index is 13.6. The number of hydrogen-bond donors (Lipinski definition) is 1. The number of amides is 1. The Balaban J connectivity index is 2.08. The molecule has 1 atom stereocenters. The molecule has 0 heterocycles. The third-order valence-electron chi connectivity index (χ3n) is 3.84. The van der Waals surface area contributed by atoms with E-state index in [9.17, 15) is 18.0 Å². The molecule has 6 heteroatoms. The summed E-state index contributed by atoms with van der Waals surface area (Å²) in [5.41, 5.74) is 1.77. The Hall–Kier alpha value is -2.50. The van der Waals surface area contributed by atoms with Gasteiger partial charge in [0, 0.05) is 0 Å². The lowest BCUT2D eigenvalue weighted by Gasteiger charge is -2.17. The number of anilines is 1. The fraction of sp³-hybridized carbons (Fsp3) is 0.316. The Bertz CT molecular complexity index is 790. The summed E-state index contributed by atoms with van der Waals surface area (Å²) >= 11 is 0. The number of carbonyl (C=O) groups excluding carboxylic acids is 1. The van der Waals surface area contributed by atoms with E-state index in [0.717, 1.165) is 17.7 Å². The first-order valence-electron chi connectivity index (χ1n) is 7.92. The molecule has 2 aromatic rings. The zero-order chi connectivity index (χ0) is 18.7. The summed E-state index contributed by atoms with van der Waals surface area (Å²) < 4.78 is 45.3. The van der Waals surface area contributed by atoms with Crippen LogP contribution >= 0.6 is 0 Å². The molecule has 0 aliphatic heterocycles. The van der Waals surface area contributed by atoms with Crippen LogP contribution in [-0.4, -0.2) is 12.0 Å². The summed E-state index contributed by atoms with van der Waals surface area (Å²) in [5, 5.41) is 2.20. The molecule has 134 valence electrons. The number of rotatable bonds is 5. The summed E-state index contributed by atoms with van der Waals surface area (Å²) in [4.78, 5) is 12.1. The number of hydrogen-bond acceptors (Lipinski definition) is 2. The second kappa shape index (κ2) is 7.59. The third-order valence-corrected chi connectivity index (χ3v) is 3.84. The molecule has 2 aromatic carbocycles. The third kappa shape index (κ3) is 4.32. The summed E-state index contributed by atoms with van der Waals surface area (Å²) in [6.07, 6.45) is -0.947. The maximum atomic E-state index is 13.6. The van der Waals surface area contributed by atoms with Crippen LogP contribution in [0.15, 0.2) is 30.3 Å². The molecule has 0 bridgehead atoms. The Kier molecular flexibility index (Phi) is 5.72. The second-order valence-corrected chi connectivity index (χ2v) is 6.15. The van der Waals surface area contributed by atoms with Crippen LogP contribution in [-0.2, 0) is 4.79 Å². The van der Waals surface area contributed by atoms with Crippen LogP contribution < -0.4 is 10.1 Å². The molecule has 0 saturated heterocycles. The topological polar surface area (TPSA) is 38.3 Å². The highest BCUT2D eigenvalue weighted by Crippen LogP contribution is 2.24. The van der Waals surface area contributed by atoms with Gasteiger partial charge >= 0.3 is 0 Å². The molecule has 0 fully saturated rings. The van der Waals surface area contributed by atoms with E-state index >= 15 is 0 Å². The maximum Gasteiger partial charge on any atom is 0.265 e. The normalized spacial score (nSPS) is 12.2. The lowest BCUT2D eigenvalue weighted by molar-refractivity contribution is -0.122. The molecule has 3 nitrogen and oxygen atoms in total. The van der Waals surface area contributed by atoms with Gasteiger partial charge in [-0.2, -0.15) is 0 Å². The zero-order valence-electron chi connectivity index (χ0n) is 14.5. The first-order chi connectivity index (χ1) is 11.7. The van der Waals surface area contributed by atoms with Crippen molar-refractivity contribution in [3.63, 3.8) is 0 Å². The lowest BCUT2D eigenvalue weighted by atomic mass is 9.98. The largest absolute Gasteiger partial charge is 0.481 e. The molecule has 25 heavy (non-hydrogen) atoms. The van der Waals surface area contributed by atoms with Crippen LogP contribution in [0.5, 0.6) is 5.75 Å². The van der Waals surface area contributed by atoms with Gasteiger partial charge in [0.2, 0.25) is 0 Å². The SMILES string of the molecule is Cc1cc(OC(C)C(=O)Nc2ccc(F)c(F)c2F)ccc1C(C)C. The zero-order valence-corrected chi connectivity index (χ0v) is 14.5. The molecule has 1 amide bonds. The van der Waals surface area contributed by atoms with Crippen molar-refractivity contribution in [1.29, 1.82) is 0 Å². The second-order valence-electron chi connectivity index (χ2n) is 6.15. The Morgan fingerprint density at radius 1 is 1.04 bits per heavy atom. The van der Waals surface area contributed by atoms with Crippen molar-refractivity contribution in [2.75, 3.05) is 5.32 Å². The van der Waals surface area contributed by atoms with Crippen molar-refractivity contribution in [1.82, 2.24) is 0 Å². The van der Waals surface area contributed by atoms with E-state index in [-0.39, 0.29) is 0 Å². The van der Waals surface area contributed by atoms with Crippen LogP contribution in [0.2, 0.25) is 0 Å². The van der Waals surface area contributed by atoms with Gasteiger partial charge in [-0.25, -0.2) is 13.2 Å². The van der Waals surface area contributed by atoms with Gasteiger partial charge in [0.15, 0.2) is 23.6 Å². The van der Waals surface area contributed by atoms with Gasteiger partial charge in [-0.1, -0.05) is 19.9 Å². The van der Waals surface area contributed by atoms with E-state index in [1.807, 2.05) is 19.1 Å². The van der Waals surface area contributed by atoms with Crippen LogP contribution in [0.25, 0.3) is 0 Å². The number of aryl methyl sites for hydroxylation is 1. The number of benzene rings is 2. The van der Waals surface area contributed by atoms with Crippen molar-refractivity contribution >= 4 is 11.6 Å². The van der Waals surface area contributed by atoms with Gasteiger partial charge in [0.1, 0.15) is 5.75 Å². The van der Waals surface area contributed by atoms with E-state index < -0.39 is 35.2 Å². The Morgan fingerprint density at radius 3 is 2.32 bits per heavy atom. The summed E-state index contributed by atoms with van der Waals surface area (Å²) in [7, 11) is 0. The standard InChI is InChI=1S/C19H20F3NO2/c1-10(2)14-6-5-13(9-11(14)3)25-12(4)19(24)23-16-8-7-15(20)17(21)18(16)22/h5-10,12H,1-4H3,(H,23,24). The van der Waals surface area contributed by atoms with Gasteiger partial charge in [0.25, 0.3) is 5.91 Å². The fourth-order valence-electron chi connectivity index (χ4n) is 2.48. The van der Waals surface area contributed by atoms with Crippen molar-refractivity contribution in [2.24, 2.45) is 0 Å². The van der Waals surface area contributed by atoms with Gasteiger partial charge in [-0.05, 0) is 55.2 Å². The molecule has 0 aliphatic carbocycles. The quantitative estimate of drug-likeness (QED) is 0.775. The molecule has 0 aliphatic rings. The molecule has 0 radical (unpaired) electrons. The van der Waals surface area contributed by atoms with E-state index in [0.29, 0.717) is 11.7 Å². The number of carbonyl (C=O) groups is 1. The highest BCUT2D eigenvalue weighted by molar-refractivity contribution is 5.94. The first-order valence-corrected chi connectivity index (χ1v) is 7.92. The molecule has 0 spiro atoms. The molecular weight excluding hydrogens is 331 g/mol. The fourth-order valence-corrected chi connectivity index (χ4v) is 2.48. The number of nitrogens with one attached hydrogen (secondary N) is 1. The van der Waals surface area contributed by atoms with E-state index in [2.05, 4.69) is 19.2 Å². The monoisotopic (exact) mass is 351 g/mol. The van der Waals surface area contributed by atoms with E-state index in [4.69, 9.17) is 4.74 Å². The minimum absolute atomic E-state index is 0.367. The number of ether oxygens (including phenoxy) is 1. The summed E-state index contributed by atoms with van der Waals surface area (Å²) in [5.74, 6) is -4.21.